The van der Waals surface area contributed by atoms with Gasteiger partial charge in [-0.2, -0.15) is 0 Å². The van der Waals surface area contributed by atoms with Crippen molar-refractivity contribution in [2.24, 2.45) is 0 Å². The van der Waals surface area contributed by atoms with Gasteiger partial charge in [0.2, 0.25) is 5.75 Å². The molecule has 0 saturated carbocycles. The number of ether oxygens (including phenoxy) is 1. The number of alkyl halides is 3. The Morgan fingerprint density at radius 2 is 1.81 bits per heavy atom. The second-order valence-corrected chi connectivity index (χ2v) is 6.73. The smallest absolute Gasteiger partial charge is 0.399 e. The first-order chi connectivity index (χ1) is 12.7. The highest BCUT2D eigenvalue weighted by molar-refractivity contribution is 5.42. The third kappa shape index (κ3) is 4.22. The van der Waals surface area contributed by atoms with Gasteiger partial charge in [-0.05, 0) is 66.0 Å². The Bertz CT molecular complexity index is 843. The summed E-state index contributed by atoms with van der Waals surface area (Å²) in [4.78, 5) is 0. The molecule has 0 heterocycles. The van der Waals surface area contributed by atoms with Gasteiger partial charge in [0.15, 0.2) is 11.6 Å². The van der Waals surface area contributed by atoms with Gasteiger partial charge in [-0.15, -0.1) is 13.2 Å². The Morgan fingerprint density at radius 1 is 1.07 bits per heavy atom. The normalized spacial score (nSPS) is 16.9. The first-order valence-corrected chi connectivity index (χ1v) is 8.73. The van der Waals surface area contributed by atoms with Crippen molar-refractivity contribution in [3.63, 3.8) is 0 Å². The maximum Gasteiger partial charge on any atom is 0.573 e. The molecule has 0 amide bonds. The molecule has 1 aliphatic carbocycles. The van der Waals surface area contributed by atoms with Crippen LogP contribution in [0.1, 0.15) is 47.9 Å². The fourth-order valence-corrected chi connectivity index (χ4v) is 3.65. The number of aryl methyl sites for hydroxylation is 1. The van der Waals surface area contributed by atoms with E-state index < -0.39 is 23.7 Å². The molecular formula is C20H18F6O. The quantitative estimate of drug-likeness (QED) is 0.565. The monoisotopic (exact) mass is 388 g/mol. The average molecular weight is 388 g/mol. The predicted molar refractivity (Wildman–Crippen MR) is 88.2 cm³/mol. The lowest BCUT2D eigenvalue weighted by atomic mass is 9.79. The standard InChI is InChI=1S/C20H18F6O/c1-2-3-11-4-6-14(16(21)8-11)12-5-7-15-13(9-12)10-17(22)19(18(15)23)27-20(24,25)26/h4,6,8,10,12H,2-3,5,7,9H2,1H3. The van der Waals surface area contributed by atoms with Gasteiger partial charge >= 0.3 is 6.36 Å². The highest BCUT2D eigenvalue weighted by Gasteiger charge is 2.36. The average Bonchev–Trinajstić information content (AvgIpc) is 2.58. The van der Waals surface area contributed by atoms with E-state index in [4.69, 9.17) is 0 Å². The highest BCUT2D eigenvalue weighted by Crippen LogP contribution is 2.39. The summed E-state index contributed by atoms with van der Waals surface area (Å²) in [6, 6.07) is 5.84. The van der Waals surface area contributed by atoms with Gasteiger partial charge in [0.25, 0.3) is 0 Å². The Morgan fingerprint density at radius 3 is 2.44 bits per heavy atom. The second-order valence-electron chi connectivity index (χ2n) is 6.73. The molecule has 1 nitrogen and oxygen atoms in total. The van der Waals surface area contributed by atoms with E-state index in [9.17, 15) is 26.3 Å². The van der Waals surface area contributed by atoms with Crippen LogP contribution in [-0.2, 0) is 19.3 Å². The molecule has 0 fully saturated rings. The molecule has 0 spiro atoms. The van der Waals surface area contributed by atoms with Crippen LogP contribution in [0.25, 0.3) is 0 Å². The minimum absolute atomic E-state index is 0.00471. The van der Waals surface area contributed by atoms with Crippen LogP contribution in [0.3, 0.4) is 0 Å². The van der Waals surface area contributed by atoms with Gasteiger partial charge in [-0.25, -0.2) is 13.2 Å². The van der Waals surface area contributed by atoms with Crippen LogP contribution in [0.2, 0.25) is 0 Å². The van der Waals surface area contributed by atoms with Gasteiger partial charge in [0.05, 0.1) is 0 Å². The van der Waals surface area contributed by atoms with Crippen molar-refractivity contribution in [3.05, 3.63) is 64.0 Å². The summed E-state index contributed by atoms with van der Waals surface area (Å²) in [5.74, 6) is -4.84. The molecule has 0 aliphatic heterocycles. The SMILES string of the molecule is CCCc1ccc(C2CCc3c(cc(F)c(OC(F)(F)F)c3F)C2)c(F)c1. The molecule has 1 unspecified atom stereocenters. The summed E-state index contributed by atoms with van der Waals surface area (Å²) in [6.07, 6.45) is -2.96. The highest BCUT2D eigenvalue weighted by atomic mass is 19.4. The van der Waals surface area contributed by atoms with Crippen molar-refractivity contribution >= 4 is 0 Å². The van der Waals surface area contributed by atoms with Crippen LogP contribution in [0.5, 0.6) is 5.75 Å². The van der Waals surface area contributed by atoms with E-state index in [1.54, 1.807) is 6.07 Å². The third-order valence-electron chi connectivity index (χ3n) is 4.84. The minimum atomic E-state index is -5.18. The molecule has 3 rings (SSSR count). The van der Waals surface area contributed by atoms with Gasteiger partial charge in [-0.1, -0.05) is 25.5 Å². The van der Waals surface area contributed by atoms with E-state index in [0.29, 0.717) is 12.0 Å². The Labute approximate surface area is 153 Å². The summed E-state index contributed by atoms with van der Waals surface area (Å²) >= 11 is 0. The number of halogens is 6. The van der Waals surface area contributed by atoms with Crippen molar-refractivity contribution in [1.82, 2.24) is 0 Å². The largest absolute Gasteiger partial charge is 0.573 e. The molecule has 1 atom stereocenters. The molecule has 146 valence electrons. The van der Waals surface area contributed by atoms with Gasteiger partial charge < -0.3 is 4.74 Å². The van der Waals surface area contributed by atoms with Crippen molar-refractivity contribution in [2.45, 2.75) is 51.3 Å². The van der Waals surface area contributed by atoms with Crippen molar-refractivity contribution < 1.29 is 31.1 Å². The molecule has 0 radical (unpaired) electrons. The zero-order valence-electron chi connectivity index (χ0n) is 14.6. The number of hydrogen-bond donors (Lipinski definition) is 0. The molecule has 27 heavy (non-hydrogen) atoms. The minimum Gasteiger partial charge on any atom is -0.399 e. The van der Waals surface area contributed by atoms with E-state index in [2.05, 4.69) is 4.74 Å². The lowest BCUT2D eigenvalue weighted by Crippen LogP contribution is -2.21. The van der Waals surface area contributed by atoms with E-state index >= 15 is 0 Å². The second kappa shape index (κ2) is 7.44. The maximum atomic E-state index is 14.4. The molecule has 2 aromatic rings. The number of rotatable bonds is 4. The number of benzene rings is 2. The zero-order valence-corrected chi connectivity index (χ0v) is 14.6. The lowest BCUT2D eigenvalue weighted by molar-refractivity contribution is -0.276. The van der Waals surface area contributed by atoms with Crippen LogP contribution in [0.4, 0.5) is 26.3 Å². The van der Waals surface area contributed by atoms with Crippen molar-refractivity contribution in [3.8, 4) is 5.75 Å². The summed E-state index contributed by atoms with van der Waals surface area (Å²) in [5.41, 5.74) is 1.57. The van der Waals surface area contributed by atoms with Crippen LogP contribution in [0.15, 0.2) is 24.3 Å². The number of fused-ring (bicyclic) bond motifs is 1. The summed E-state index contributed by atoms with van der Waals surface area (Å²) in [5, 5.41) is 0. The molecule has 7 heteroatoms. The molecule has 1 aliphatic rings. The van der Waals surface area contributed by atoms with Crippen LogP contribution >= 0.6 is 0 Å². The van der Waals surface area contributed by atoms with Crippen LogP contribution in [0, 0.1) is 17.5 Å². The van der Waals surface area contributed by atoms with Gasteiger partial charge in [-0.3, -0.25) is 0 Å². The molecule has 2 aromatic carbocycles. The summed E-state index contributed by atoms with van der Waals surface area (Å²) in [7, 11) is 0. The van der Waals surface area contributed by atoms with Crippen LogP contribution < -0.4 is 4.74 Å². The number of hydrogen-bond acceptors (Lipinski definition) is 1. The maximum absolute atomic E-state index is 14.4. The molecule has 0 bridgehead atoms. The van der Waals surface area contributed by atoms with E-state index in [1.807, 2.05) is 13.0 Å². The topological polar surface area (TPSA) is 9.23 Å². The molecule has 0 N–H and O–H groups in total. The molecule has 0 saturated heterocycles. The van der Waals surface area contributed by atoms with Crippen LogP contribution in [-0.4, -0.2) is 6.36 Å². The van der Waals surface area contributed by atoms with Gasteiger partial charge in [0, 0.05) is 0 Å². The fourth-order valence-electron chi connectivity index (χ4n) is 3.65. The Balaban J connectivity index is 1.89. The fraction of sp³-hybridized carbons (Fsp3) is 0.400. The van der Waals surface area contributed by atoms with Crippen molar-refractivity contribution in [2.75, 3.05) is 0 Å². The zero-order chi connectivity index (χ0) is 19.8. The van der Waals surface area contributed by atoms with Gasteiger partial charge in [0.1, 0.15) is 5.82 Å². The predicted octanol–water partition coefficient (Wildman–Crippen LogP) is 6.23. The van der Waals surface area contributed by atoms with E-state index in [-0.39, 0.29) is 35.7 Å². The third-order valence-corrected chi connectivity index (χ3v) is 4.84. The first kappa shape index (κ1) is 19.6. The molecular weight excluding hydrogens is 370 g/mol. The summed E-state index contributed by atoms with van der Waals surface area (Å²) in [6.45, 7) is 1.99. The Kier molecular flexibility index (Phi) is 5.40. The van der Waals surface area contributed by atoms with E-state index in [1.165, 1.54) is 6.07 Å². The summed E-state index contributed by atoms with van der Waals surface area (Å²) < 4.78 is 83.3. The molecule has 0 aromatic heterocycles. The lowest BCUT2D eigenvalue weighted by Gasteiger charge is -2.27. The van der Waals surface area contributed by atoms with Crippen molar-refractivity contribution in [1.29, 1.82) is 0 Å². The Hall–Kier alpha value is -2.18. The first-order valence-electron chi connectivity index (χ1n) is 8.73. The van der Waals surface area contributed by atoms with E-state index in [0.717, 1.165) is 24.5 Å².